The van der Waals surface area contributed by atoms with Crippen molar-refractivity contribution in [1.82, 2.24) is 0 Å². The van der Waals surface area contributed by atoms with Crippen LogP contribution in [0.5, 0.6) is 0 Å². The lowest BCUT2D eigenvalue weighted by atomic mass is 9.70. The van der Waals surface area contributed by atoms with Crippen molar-refractivity contribution < 1.29 is 16.8 Å². The highest BCUT2D eigenvalue weighted by Gasteiger charge is 2.66. The summed E-state index contributed by atoms with van der Waals surface area (Å²) in [6, 6.07) is 17.1. The molecule has 3 aromatic carbocycles. The van der Waals surface area contributed by atoms with Crippen LogP contribution in [-0.4, -0.2) is 20.0 Å². The van der Waals surface area contributed by atoms with E-state index in [4.69, 9.17) is 3.63 Å². The van der Waals surface area contributed by atoms with Crippen molar-refractivity contribution in [1.29, 1.82) is 0 Å². The highest BCUT2D eigenvalue weighted by molar-refractivity contribution is 8.33. The van der Waals surface area contributed by atoms with E-state index in [1.165, 1.54) is 304 Å². The van der Waals surface area contributed by atoms with Gasteiger partial charge in [0.15, 0.2) is 0 Å². The lowest BCUT2D eigenvalue weighted by Gasteiger charge is -2.51. The van der Waals surface area contributed by atoms with Crippen LogP contribution in [0.4, 0.5) is 0 Å². The van der Waals surface area contributed by atoms with Gasteiger partial charge in [-0.3, -0.25) is 4.79 Å². The Labute approximate surface area is 538 Å². The number of hydrogen-bond acceptors (Lipinski definition) is 4. The van der Waals surface area contributed by atoms with E-state index in [1.54, 1.807) is 50.1 Å². The second kappa shape index (κ2) is 27.5. The highest BCUT2D eigenvalue weighted by Crippen LogP contribution is 2.79. The van der Waals surface area contributed by atoms with Gasteiger partial charge in [-0.25, -0.2) is 3.63 Å². The van der Waals surface area contributed by atoms with Crippen LogP contribution in [0, 0.1) is 16.7 Å². The molecule has 3 aromatic rings. The largest absolute Gasteiger partial charge is 0.299 e. The molecular formula is C82H120O4S2. The van der Waals surface area contributed by atoms with Crippen molar-refractivity contribution in [2.75, 3.05) is 5.75 Å². The van der Waals surface area contributed by atoms with Gasteiger partial charge < -0.3 is 0 Å². The first-order chi connectivity index (χ1) is 43.0. The van der Waals surface area contributed by atoms with Gasteiger partial charge in [0.05, 0.1) is 11.2 Å². The fraction of sp³-hybridized carbons (Fsp3) is 0.768. The van der Waals surface area contributed by atoms with Gasteiger partial charge in [-0.05, 0) is 253 Å². The van der Waals surface area contributed by atoms with E-state index in [0.717, 1.165) is 6.42 Å². The first-order valence-electron chi connectivity index (χ1n) is 38.8. The molecule has 0 aliphatic heterocycles. The van der Waals surface area contributed by atoms with Crippen molar-refractivity contribution in [3.63, 3.8) is 0 Å². The summed E-state index contributed by atoms with van der Waals surface area (Å²) < 4.78 is 44.7. The number of benzene rings is 3. The zero-order valence-corrected chi connectivity index (χ0v) is 57.5. The lowest BCUT2D eigenvalue weighted by Crippen LogP contribution is -2.43. The van der Waals surface area contributed by atoms with Crippen LogP contribution < -0.4 is 0 Å². The lowest BCUT2D eigenvalue weighted by molar-refractivity contribution is -0.128. The third-order valence-electron chi connectivity index (χ3n) is 27.6. The fourth-order valence-electron chi connectivity index (χ4n) is 22.4. The van der Waals surface area contributed by atoms with E-state index in [9.17, 15) is 0 Å². The van der Waals surface area contributed by atoms with E-state index >= 15 is 13.2 Å². The summed E-state index contributed by atoms with van der Waals surface area (Å²) in [4.78, 5) is 19.6. The number of Topliss-reactive ketones (excluding diaryl/α,β-unsaturated/α-hetero) is 1. The number of ketones is 1. The van der Waals surface area contributed by atoms with Crippen LogP contribution in [-0.2, 0) is 18.5 Å². The van der Waals surface area contributed by atoms with Gasteiger partial charge in [0.25, 0.3) is 10.1 Å². The maximum atomic E-state index is 17.9. The predicted molar refractivity (Wildman–Crippen MR) is 368 cm³/mol. The van der Waals surface area contributed by atoms with Crippen LogP contribution in [0.2, 0.25) is 0 Å². The molecule has 0 amide bonds. The van der Waals surface area contributed by atoms with Crippen LogP contribution in [0.25, 0.3) is 0 Å². The van der Waals surface area contributed by atoms with Crippen molar-refractivity contribution in [2.24, 2.45) is 16.7 Å². The first kappa shape index (κ1) is 63.0. The van der Waals surface area contributed by atoms with E-state index in [-0.39, 0.29) is 17.5 Å². The molecule has 88 heavy (non-hydrogen) atoms. The minimum atomic E-state index is -4.48. The van der Waals surface area contributed by atoms with Crippen LogP contribution in [0.1, 0.15) is 425 Å². The molecule has 14 rings (SSSR count). The number of hydrogen-bond donors (Lipinski definition) is 0. The average molecular weight is 1230 g/mol. The summed E-state index contributed by atoms with van der Waals surface area (Å²) >= 11 is 0. The number of fused-ring (bicyclic) bond motifs is 2. The van der Waals surface area contributed by atoms with Gasteiger partial charge in [-0.2, -0.15) is 8.42 Å². The molecule has 6 heteroatoms. The number of carbonyl (C=O) groups is 1. The van der Waals surface area contributed by atoms with E-state index in [2.05, 4.69) is 50.2 Å². The Bertz CT molecular complexity index is 2620. The summed E-state index contributed by atoms with van der Waals surface area (Å²) in [5.41, 5.74) is 12.7. The van der Waals surface area contributed by atoms with Crippen LogP contribution >= 0.6 is 10.3 Å². The molecule has 2 bridgehead atoms. The molecule has 4 nitrogen and oxygen atoms in total. The van der Waals surface area contributed by atoms with Gasteiger partial charge >= 0.3 is 0 Å². The minimum Gasteiger partial charge on any atom is -0.299 e. The summed E-state index contributed by atoms with van der Waals surface area (Å²) in [5.74, 6) is 4.01. The van der Waals surface area contributed by atoms with Crippen molar-refractivity contribution in [2.45, 2.75) is 390 Å². The summed E-state index contributed by atoms with van der Waals surface area (Å²) in [5, 5.41) is 0. The van der Waals surface area contributed by atoms with Crippen molar-refractivity contribution in [3.05, 3.63) is 86.5 Å². The zero-order chi connectivity index (χ0) is 59.9. The standard InChI is InChI=1S/C82H120O4S2/c1-81(2)70-48-49-82(81,77(83)56-70)57-87(84,85)86-88(78-71(61-36-18-6-19-37-61)50-67(58-30-12-3-13-31-58)51-72(78)62-38-20-7-21-39-62,79-73(63-40-22-8-23-41-63)52-68(59-32-14-4-15-33-59)53-74(79)64-42-24-9-25-43-64)80-75(65-44-26-10-27-45-65)54-69(60-34-16-5-17-35-60)55-76(80)66-46-28-11-29-47-66/h50-55,58-66,70H,3-49,56-57H2,1-2H3. The monoisotopic (exact) mass is 1230 g/mol. The maximum Gasteiger partial charge on any atom is 0.278 e. The topological polar surface area (TPSA) is 60.4 Å². The molecule has 0 spiro atoms. The molecule has 0 saturated heterocycles. The molecule has 2 atom stereocenters. The molecule has 11 saturated carbocycles. The Kier molecular flexibility index (Phi) is 19.7. The highest BCUT2D eigenvalue weighted by atomic mass is 32.3. The third kappa shape index (κ3) is 12.4. The normalized spacial score (nSPS) is 28.2. The Morgan fingerprint density at radius 3 is 0.773 bits per heavy atom. The van der Waals surface area contributed by atoms with Crippen LogP contribution in [0.15, 0.2) is 51.1 Å². The molecule has 11 aliphatic carbocycles. The molecule has 2 unspecified atom stereocenters. The molecule has 484 valence electrons. The molecule has 0 aromatic heterocycles. The van der Waals surface area contributed by atoms with E-state index in [1.807, 2.05) is 0 Å². The van der Waals surface area contributed by atoms with Gasteiger partial charge in [0.2, 0.25) is 0 Å². The summed E-state index contributed by atoms with van der Waals surface area (Å²) in [6.07, 6.45) is 58.4. The number of carbonyl (C=O) groups excluding carboxylic acids is 1. The fourth-order valence-corrected chi connectivity index (χ4v) is 29.9. The predicted octanol–water partition coefficient (Wildman–Crippen LogP) is 25.1. The van der Waals surface area contributed by atoms with Gasteiger partial charge in [0.1, 0.15) is 5.78 Å². The SMILES string of the molecule is CC1(C)C2CCC1(CS(=O)(=O)OS(c1c(C3CCCCC3)cc(C3CCCCC3)cc1C1CCCCC1)(c1c(C3CCCCC3)cc(C3CCCCC3)cc1C1CCCCC1)c1c(C3CCCCC3)cc(C3CCCCC3)cc1C1CCCCC1)C(=O)C2. The molecule has 11 aliphatic rings. The number of rotatable bonds is 16. The van der Waals surface area contributed by atoms with Gasteiger partial charge in [-0.1, -0.05) is 224 Å². The third-order valence-corrected chi connectivity index (χ3v) is 33.3. The Morgan fingerprint density at radius 2 is 0.568 bits per heavy atom. The molecule has 11 fully saturated rings. The van der Waals surface area contributed by atoms with Crippen molar-refractivity contribution >= 4 is 26.2 Å². The average Bonchev–Trinajstić information content (AvgIpc) is 0.732. The second-order valence-corrected chi connectivity index (χ2v) is 37.4. The summed E-state index contributed by atoms with van der Waals surface area (Å²) in [6.45, 7) is 4.58. The smallest absolute Gasteiger partial charge is 0.278 e. The Morgan fingerprint density at radius 1 is 0.341 bits per heavy atom. The Balaban J connectivity index is 1.20. The molecular weight excluding hydrogens is 1110 g/mol. The van der Waals surface area contributed by atoms with Gasteiger partial charge in [0, 0.05) is 21.1 Å². The minimum absolute atomic E-state index is 0.176. The first-order valence-corrected chi connectivity index (χ1v) is 42.0. The molecule has 0 heterocycles. The molecule has 0 N–H and O–H groups in total. The Hall–Kier alpha value is -2.41. The second-order valence-electron chi connectivity index (χ2n) is 33.1. The quantitative estimate of drug-likeness (QED) is 0.143. The summed E-state index contributed by atoms with van der Waals surface area (Å²) in [7, 11) is -7.71. The zero-order valence-electron chi connectivity index (χ0n) is 55.8. The van der Waals surface area contributed by atoms with Crippen molar-refractivity contribution in [3.8, 4) is 0 Å². The van der Waals surface area contributed by atoms with E-state index < -0.39 is 31.3 Å². The van der Waals surface area contributed by atoms with Gasteiger partial charge in [-0.15, -0.1) is 0 Å². The van der Waals surface area contributed by atoms with Crippen LogP contribution in [0.3, 0.4) is 0 Å². The van der Waals surface area contributed by atoms with E-state index in [0.29, 0.717) is 66.1 Å². The molecule has 0 radical (unpaired) electrons. The maximum absolute atomic E-state index is 17.9.